The number of aromatic nitrogens is 1. The maximum Gasteiger partial charge on any atom is 0.342 e. The number of piperazine rings is 1. The molecule has 2 aromatic rings. The molecule has 28 heavy (non-hydrogen) atoms. The van der Waals surface area contributed by atoms with Crippen LogP contribution in [0.1, 0.15) is 22.7 Å². The third-order valence-corrected chi connectivity index (χ3v) is 6.41. The summed E-state index contributed by atoms with van der Waals surface area (Å²) in [4.78, 5) is 39.3. The van der Waals surface area contributed by atoms with Gasteiger partial charge in [0.1, 0.15) is 11.4 Å². The molecule has 2 aliphatic rings. The summed E-state index contributed by atoms with van der Waals surface area (Å²) < 4.78 is 16.6. The van der Waals surface area contributed by atoms with Crippen molar-refractivity contribution in [1.29, 1.82) is 0 Å². The fraction of sp³-hybridized carbons (Fsp3) is 0.389. The molecule has 4 rings (SSSR count). The molecule has 1 amide bonds. The highest BCUT2D eigenvalue weighted by atomic mass is 32.2. The van der Waals surface area contributed by atoms with E-state index in [0.717, 1.165) is 6.07 Å². The van der Waals surface area contributed by atoms with Gasteiger partial charge >= 0.3 is 5.97 Å². The van der Waals surface area contributed by atoms with Crippen LogP contribution in [-0.4, -0.2) is 59.2 Å². The van der Waals surface area contributed by atoms with Crippen molar-refractivity contribution in [3.63, 3.8) is 0 Å². The summed E-state index contributed by atoms with van der Waals surface area (Å²) in [5.41, 5.74) is 5.28. The van der Waals surface area contributed by atoms with E-state index in [1.807, 2.05) is 11.8 Å². The summed E-state index contributed by atoms with van der Waals surface area (Å²) in [6.07, 6.45) is 0. The third kappa shape index (κ3) is 2.75. The Morgan fingerprint density at radius 3 is 2.54 bits per heavy atom. The second-order valence-electron chi connectivity index (χ2n) is 6.79. The smallest absolute Gasteiger partial charge is 0.342 e. The van der Waals surface area contributed by atoms with Crippen LogP contribution in [0.2, 0.25) is 0 Å². The van der Waals surface area contributed by atoms with Crippen LogP contribution < -0.4 is 16.1 Å². The summed E-state index contributed by atoms with van der Waals surface area (Å²) in [5.74, 6) is -2.03. The molecule has 10 heteroatoms. The van der Waals surface area contributed by atoms with Crippen molar-refractivity contribution >= 4 is 40.2 Å². The van der Waals surface area contributed by atoms with Gasteiger partial charge in [-0.15, -0.1) is 0 Å². The van der Waals surface area contributed by atoms with Gasteiger partial charge in [0.05, 0.1) is 28.1 Å². The van der Waals surface area contributed by atoms with Crippen molar-refractivity contribution in [1.82, 2.24) is 9.47 Å². The zero-order chi connectivity index (χ0) is 20.2. The second kappa shape index (κ2) is 6.78. The first kappa shape index (κ1) is 18.8. The number of hydrogen-bond acceptors (Lipinski definition) is 6. The van der Waals surface area contributed by atoms with Crippen LogP contribution in [0.5, 0.6) is 0 Å². The Balaban J connectivity index is 1.78. The van der Waals surface area contributed by atoms with E-state index in [4.69, 9.17) is 5.73 Å². The minimum atomic E-state index is -1.31. The molecule has 0 aliphatic carbocycles. The number of halogens is 1. The Morgan fingerprint density at radius 1 is 1.29 bits per heavy atom. The Bertz CT molecular complexity index is 1060. The molecule has 2 aliphatic heterocycles. The summed E-state index contributed by atoms with van der Waals surface area (Å²) in [7, 11) is 0. The lowest BCUT2D eigenvalue weighted by molar-refractivity contribution is -0.129. The number of pyridine rings is 1. The number of anilines is 1. The first-order valence-electron chi connectivity index (χ1n) is 8.88. The first-order valence-corrected chi connectivity index (χ1v) is 9.76. The van der Waals surface area contributed by atoms with Crippen molar-refractivity contribution < 1.29 is 19.1 Å². The van der Waals surface area contributed by atoms with E-state index in [1.165, 1.54) is 11.8 Å². The van der Waals surface area contributed by atoms with Gasteiger partial charge in [-0.2, -0.15) is 0 Å². The number of nitrogens with two attached hydrogens (primary N) is 1. The van der Waals surface area contributed by atoms with Gasteiger partial charge in [0.15, 0.2) is 0 Å². The molecule has 1 aromatic heterocycles. The molecule has 1 atom stereocenters. The molecule has 0 bridgehead atoms. The number of fused-ring (bicyclic) bond motifs is 3. The Labute approximate surface area is 163 Å². The number of benzene rings is 1. The number of carboxylic acids is 1. The number of rotatable bonds is 3. The van der Waals surface area contributed by atoms with Crippen molar-refractivity contribution in [3.05, 3.63) is 33.7 Å². The van der Waals surface area contributed by atoms with Crippen LogP contribution >= 0.6 is 11.8 Å². The lowest BCUT2D eigenvalue weighted by atomic mass is 10.1. The van der Waals surface area contributed by atoms with Gasteiger partial charge in [-0.1, -0.05) is 11.8 Å². The van der Waals surface area contributed by atoms with E-state index in [1.54, 1.807) is 15.5 Å². The molecule has 0 saturated carbocycles. The van der Waals surface area contributed by atoms with Gasteiger partial charge in [0, 0.05) is 31.6 Å². The minimum Gasteiger partial charge on any atom is -0.477 e. The largest absolute Gasteiger partial charge is 0.477 e. The fourth-order valence-electron chi connectivity index (χ4n) is 3.79. The predicted octanol–water partition coefficient (Wildman–Crippen LogP) is 1.07. The summed E-state index contributed by atoms with van der Waals surface area (Å²) in [5, 5.41) is 9.81. The number of carbonyl (C=O) groups is 2. The van der Waals surface area contributed by atoms with E-state index in [0.29, 0.717) is 42.4 Å². The van der Waals surface area contributed by atoms with Crippen molar-refractivity contribution in [3.8, 4) is 0 Å². The number of amides is 1. The first-order chi connectivity index (χ1) is 13.3. The Hall–Kier alpha value is -2.59. The lowest BCUT2D eigenvalue weighted by Crippen LogP contribution is -2.50. The highest BCUT2D eigenvalue weighted by Crippen LogP contribution is 2.46. The van der Waals surface area contributed by atoms with E-state index in [2.05, 4.69) is 0 Å². The second-order valence-corrected chi connectivity index (χ2v) is 8.10. The number of hydrogen-bond donors (Lipinski definition) is 2. The Kier molecular flexibility index (Phi) is 4.54. The SMILES string of the molecule is CC1Sc2c(C(=O)O)c(=O)c3cc(F)c(N4CCN(C(=O)CN)CC4)cc3n21. The zero-order valence-corrected chi connectivity index (χ0v) is 16.0. The monoisotopic (exact) mass is 406 g/mol. The average Bonchev–Trinajstić information content (AvgIpc) is 2.67. The molecule has 3 heterocycles. The Morgan fingerprint density at radius 2 is 1.96 bits per heavy atom. The van der Waals surface area contributed by atoms with Gasteiger partial charge in [0.2, 0.25) is 11.3 Å². The van der Waals surface area contributed by atoms with Crippen LogP contribution in [0.4, 0.5) is 10.1 Å². The van der Waals surface area contributed by atoms with Crippen molar-refractivity contribution in [2.45, 2.75) is 17.3 Å². The molecular weight excluding hydrogens is 387 g/mol. The maximum absolute atomic E-state index is 14.8. The molecule has 1 fully saturated rings. The third-order valence-electron chi connectivity index (χ3n) is 5.24. The zero-order valence-electron chi connectivity index (χ0n) is 15.1. The fourth-order valence-corrected chi connectivity index (χ4v) is 4.95. The quantitative estimate of drug-likeness (QED) is 0.785. The van der Waals surface area contributed by atoms with Crippen molar-refractivity contribution in [2.75, 3.05) is 37.6 Å². The normalized spacial score (nSPS) is 18.8. The number of thioether (sulfide) groups is 1. The van der Waals surface area contributed by atoms with E-state index >= 15 is 0 Å². The van der Waals surface area contributed by atoms with E-state index < -0.39 is 17.2 Å². The van der Waals surface area contributed by atoms with Gasteiger partial charge in [0.25, 0.3) is 0 Å². The highest BCUT2D eigenvalue weighted by Gasteiger charge is 2.33. The van der Waals surface area contributed by atoms with Crippen LogP contribution in [-0.2, 0) is 4.79 Å². The molecule has 3 N–H and O–H groups in total. The average molecular weight is 406 g/mol. The van der Waals surface area contributed by atoms with Gasteiger partial charge in [-0.25, -0.2) is 9.18 Å². The maximum atomic E-state index is 14.8. The summed E-state index contributed by atoms with van der Waals surface area (Å²) in [6, 6.07) is 2.73. The van der Waals surface area contributed by atoms with Crippen LogP contribution in [0.3, 0.4) is 0 Å². The molecule has 0 radical (unpaired) electrons. The van der Waals surface area contributed by atoms with Crippen LogP contribution in [0, 0.1) is 5.82 Å². The molecule has 1 saturated heterocycles. The van der Waals surface area contributed by atoms with Crippen molar-refractivity contribution in [2.24, 2.45) is 5.73 Å². The molecule has 0 spiro atoms. The summed E-state index contributed by atoms with van der Waals surface area (Å²) >= 11 is 1.31. The molecule has 1 unspecified atom stereocenters. The van der Waals surface area contributed by atoms with Crippen LogP contribution in [0.15, 0.2) is 22.0 Å². The standard InChI is InChI=1S/C18H19FN4O4S/c1-9-23-12-7-13(21-2-4-22(5-3-21)14(24)8-20)11(19)6-10(12)16(25)15(18(26)27)17(23)28-9/h6-7,9H,2-5,8,20H2,1H3,(H,26,27). The molecule has 1 aromatic carbocycles. The lowest BCUT2D eigenvalue weighted by Gasteiger charge is -2.37. The number of carbonyl (C=O) groups excluding carboxylic acids is 1. The minimum absolute atomic E-state index is 0.0477. The topological polar surface area (TPSA) is 109 Å². The number of carboxylic acid groups (broad SMARTS) is 1. The number of aromatic carboxylic acids is 1. The van der Waals surface area contributed by atoms with Gasteiger partial charge in [-0.3, -0.25) is 9.59 Å². The van der Waals surface area contributed by atoms with E-state index in [9.17, 15) is 23.9 Å². The van der Waals surface area contributed by atoms with Crippen LogP contribution in [0.25, 0.3) is 10.9 Å². The summed E-state index contributed by atoms with van der Waals surface area (Å²) in [6.45, 7) is 3.62. The molecular formula is C18H19FN4O4S. The predicted molar refractivity (Wildman–Crippen MR) is 104 cm³/mol. The van der Waals surface area contributed by atoms with Gasteiger partial charge < -0.3 is 25.2 Å². The number of nitrogens with zero attached hydrogens (tertiary/aromatic N) is 3. The van der Waals surface area contributed by atoms with Gasteiger partial charge in [-0.05, 0) is 19.1 Å². The van der Waals surface area contributed by atoms with E-state index in [-0.39, 0.29) is 28.8 Å². The molecule has 8 nitrogen and oxygen atoms in total. The molecule has 148 valence electrons. The highest BCUT2D eigenvalue weighted by molar-refractivity contribution is 8.00.